The molecule has 2 unspecified atom stereocenters. The minimum atomic E-state index is -0.593. The van der Waals surface area contributed by atoms with Gasteiger partial charge in [-0.1, -0.05) is 40.8 Å². The third-order valence-corrected chi connectivity index (χ3v) is 7.51. The Balaban J connectivity index is 1.87. The van der Waals surface area contributed by atoms with Gasteiger partial charge in [-0.25, -0.2) is 4.79 Å². The third kappa shape index (κ3) is 5.67. The lowest BCUT2D eigenvalue weighted by molar-refractivity contribution is -0.149. The lowest BCUT2D eigenvalue weighted by atomic mass is 9.85. The van der Waals surface area contributed by atoms with Gasteiger partial charge >= 0.3 is 11.7 Å². The van der Waals surface area contributed by atoms with Crippen molar-refractivity contribution in [2.24, 2.45) is 18.1 Å². The molecule has 1 aromatic carbocycles. The van der Waals surface area contributed by atoms with Gasteiger partial charge in [0.1, 0.15) is 0 Å². The molecule has 1 fully saturated rings. The van der Waals surface area contributed by atoms with Gasteiger partial charge in [-0.15, -0.1) is 0 Å². The molecule has 12 nitrogen and oxygen atoms in total. The van der Waals surface area contributed by atoms with E-state index < -0.39 is 11.2 Å². The predicted molar refractivity (Wildman–Crippen MR) is 145 cm³/mol. The number of ether oxygens (including phenoxy) is 1. The summed E-state index contributed by atoms with van der Waals surface area (Å²) in [6, 6.07) is 5.18. The Kier molecular flexibility index (Phi) is 8.65. The third-order valence-electron chi connectivity index (χ3n) is 6.77. The Bertz CT molecular complexity index is 1510. The van der Waals surface area contributed by atoms with Crippen molar-refractivity contribution in [3.63, 3.8) is 0 Å². The summed E-state index contributed by atoms with van der Waals surface area (Å²) in [5.41, 5.74) is 8.88. The van der Waals surface area contributed by atoms with Crippen molar-refractivity contribution in [2.45, 2.75) is 51.7 Å². The number of aromatic nitrogens is 4. The number of carbonyl (C=O) groups is 1. The summed E-state index contributed by atoms with van der Waals surface area (Å²) in [6.45, 7) is 2.65. The number of carbonyl (C=O) groups excluding carboxylic acids is 1. The van der Waals surface area contributed by atoms with Crippen molar-refractivity contribution < 1.29 is 9.53 Å². The molecule has 3 aromatic rings. The molecule has 1 aliphatic carbocycles. The second-order valence-corrected chi connectivity index (χ2v) is 9.97. The van der Waals surface area contributed by atoms with Gasteiger partial charge < -0.3 is 14.2 Å². The van der Waals surface area contributed by atoms with Gasteiger partial charge in [0.15, 0.2) is 11.2 Å². The number of benzene rings is 1. The van der Waals surface area contributed by atoms with Crippen molar-refractivity contribution in [3.8, 4) is 0 Å². The highest BCUT2D eigenvalue weighted by Crippen LogP contribution is 2.34. The Morgan fingerprint density at radius 3 is 2.82 bits per heavy atom. The van der Waals surface area contributed by atoms with Gasteiger partial charge in [0, 0.05) is 37.6 Å². The zero-order valence-electron chi connectivity index (χ0n) is 21.1. The Hall–Kier alpha value is -3.47. The Morgan fingerprint density at radius 2 is 2.11 bits per heavy atom. The number of esters is 1. The van der Waals surface area contributed by atoms with Crippen LogP contribution < -0.4 is 16.1 Å². The van der Waals surface area contributed by atoms with Crippen LogP contribution in [0.15, 0.2) is 32.9 Å². The molecule has 0 spiro atoms. The molecule has 0 saturated heterocycles. The van der Waals surface area contributed by atoms with Crippen LogP contribution in [0.2, 0.25) is 10.0 Å². The van der Waals surface area contributed by atoms with E-state index in [2.05, 4.69) is 15.0 Å². The maximum atomic E-state index is 12.9. The van der Waals surface area contributed by atoms with Crippen molar-refractivity contribution >= 4 is 46.3 Å². The van der Waals surface area contributed by atoms with Crippen LogP contribution in [-0.2, 0) is 29.7 Å². The maximum Gasteiger partial charge on any atom is 0.329 e. The van der Waals surface area contributed by atoms with E-state index in [1.807, 2.05) is 11.0 Å². The summed E-state index contributed by atoms with van der Waals surface area (Å²) in [4.78, 5) is 49.8. The number of anilines is 1. The van der Waals surface area contributed by atoms with Crippen LogP contribution in [-0.4, -0.2) is 44.3 Å². The molecule has 1 saturated carbocycles. The molecule has 38 heavy (non-hydrogen) atoms. The molecule has 1 aliphatic rings. The molecule has 0 aliphatic heterocycles. The standard InChI is InChI=1S/C24H28Cl2N8O4/c1-3-38-22(36)15-5-4-6-16(12-15)34(13-14-7-8-17(25)18(26)11-14)23-29-20-19(33(23)10-9-28-31-27)21(35)30-24(37)32(20)2/h7-8,11,15-16H,3-6,9-10,12-13H2,1-2H3,(H,30,35,37). The van der Waals surface area contributed by atoms with Gasteiger partial charge in [0.25, 0.3) is 5.56 Å². The molecular formula is C24H28Cl2N8O4. The zero-order valence-corrected chi connectivity index (χ0v) is 22.6. The second-order valence-electron chi connectivity index (χ2n) is 9.15. The second kappa shape index (κ2) is 11.9. The van der Waals surface area contributed by atoms with Crippen LogP contribution in [0.5, 0.6) is 0 Å². The molecule has 2 atom stereocenters. The molecule has 4 rings (SSSR count). The minimum Gasteiger partial charge on any atom is -0.466 e. The number of hydrogen-bond acceptors (Lipinski definition) is 7. The summed E-state index contributed by atoms with van der Waals surface area (Å²) in [5.74, 6) is -0.0957. The molecule has 0 bridgehead atoms. The van der Waals surface area contributed by atoms with E-state index >= 15 is 0 Å². The first-order valence-electron chi connectivity index (χ1n) is 12.3. The highest BCUT2D eigenvalue weighted by molar-refractivity contribution is 6.42. The predicted octanol–water partition coefficient (Wildman–Crippen LogP) is 4.17. The molecule has 2 heterocycles. The van der Waals surface area contributed by atoms with Crippen LogP contribution in [0.4, 0.5) is 5.95 Å². The van der Waals surface area contributed by atoms with Gasteiger partial charge in [-0.2, -0.15) is 4.98 Å². The van der Waals surface area contributed by atoms with Gasteiger partial charge in [-0.05, 0) is 49.4 Å². The van der Waals surface area contributed by atoms with Crippen LogP contribution in [0.1, 0.15) is 38.2 Å². The summed E-state index contributed by atoms with van der Waals surface area (Å²) in [6.07, 6.45) is 2.81. The Labute approximate surface area is 227 Å². The lowest BCUT2D eigenvalue weighted by Gasteiger charge is -2.37. The largest absolute Gasteiger partial charge is 0.466 e. The highest BCUT2D eigenvalue weighted by Gasteiger charge is 2.34. The van der Waals surface area contributed by atoms with E-state index in [9.17, 15) is 14.4 Å². The number of hydrogen-bond donors (Lipinski definition) is 1. The lowest BCUT2D eigenvalue weighted by Crippen LogP contribution is -2.42. The first kappa shape index (κ1) is 27.6. The first-order chi connectivity index (χ1) is 18.2. The van der Waals surface area contributed by atoms with Gasteiger partial charge in [0.2, 0.25) is 5.95 Å². The van der Waals surface area contributed by atoms with E-state index in [0.717, 1.165) is 24.8 Å². The topological polar surface area (TPSA) is 151 Å². The number of nitrogens with one attached hydrogen (secondary N) is 1. The SMILES string of the molecule is CCOC(=O)C1CCCC(N(Cc2ccc(Cl)c(Cl)c2)c2nc3c(c(=O)[nH]c(=O)n3C)n2CCN=[N+]=[N-])C1. The summed E-state index contributed by atoms with van der Waals surface area (Å²) >= 11 is 12.4. The van der Waals surface area contributed by atoms with Crippen molar-refractivity contribution in [1.29, 1.82) is 0 Å². The average molecular weight is 563 g/mol. The van der Waals surface area contributed by atoms with E-state index in [-0.39, 0.29) is 42.2 Å². The molecule has 0 amide bonds. The molecule has 0 radical (unpaired) electrons. The minimum absolute atomic E-state index is 0.0635. The normalized spacial score (nSPS) is 17.3. The molecule has 2 aromatic heterocycles. The van der Waals surface area contributed by atoms with Crippen molar-refractivity contribution in [3.05, 3.63) is 65.1 Å². The van der Waals surface area contributed by atoms with Crippen molar-refractivity contribution in [2.75, 3.05) is 18.1 Å². The average Bonchev–Trinajstić information content (AvgIpc) is 3.28. The number of azide groups is 1. The van der Waals surface area contributed by atoms with E-state index in [1.165, 1.54) is 11.6 Å². The van der Waals surface area contributed by atoms with Crippen LogP contribution in [0.3, 0.4) is 0 Å². The van der Waals surface area contributed by atoms with E-state index in [0.29, 0.717) is 35.6 Å². The number of nitrogens with zero attached hydrogens (tertiary/aromatic N) is 7. The summed E-state index contributed by atoms with van der Waals surface area (Å²) in [7, 11) is 1.52. The van der Waals surface area contributed by atoms with Crippen LogP contribution in [0, 0.1) is 5.92 Å². The number of rotatable bonds is 9. The van der Waals surface area contributed by atoms with E-state index in [1.54, 1.807) is 23.6 Å². The number of halogens is 2. The van der Waals surface area contributed by atoms with Crippen LogP contribution in [0.25, 0.3) is 21.6 Å². The number of aromatic amines is 1. The summed E-state index contributed by atoms with van der Waals surface area (Å²) in [5, 5.41) is 4.45. The fourth-order valence-electron chi connectivity index (χ4n) is 4.96. The van der Waals surface area contributed by atoms with E-state index in [4.69, 9.17) is 38.5 Å². The van der Waals surface area contributed by atoms with Gasteiger partial charge in [-0.3, -0.25) is 19.1 Å². The molecule has 14 heteroatoms. The first-order valence-corrected chi connectivity index (χ1v) is 13.1. The molecule has 1 N–H and O–H groups in total. The molecule has 202 valence electrons. The smallest absolute Gasteiger partial charge is 0.329 e. The van der Waals surface area contributed by atoms with Crippen molar-refractivity contribution in [1.82, 2.24) is 19.1 Å². The number of imidazole rings is 1. The maximum absolute atomic E-state index is 12.9. The monoisotopic (exact) mass is 562 g/mol. The zero-order chi connectivity index (χ0) is 27.4. The highest BCUT2D eigenvalue weighted by atomic mass is 35.5. The van der Waals surface area contributed by atoms with Gasteiger partial charge in [0.05, 0.1) is 22.6 Å². The number of aryl methyl sites for hydroxylation is 1. The fourth-order valence-corrected chi connectivity index (χ4v) is 5.28. The molecular weight excluding hydrogens is 535 g/mol. The van der Waals surface area contributed by atoms with Crippen LogP contribution >= 0.6 is 23.2 Å². The Morgan fingerprint density at radius 1 is 1.32 bits per heavy atom. The summed E-state index contributed by atoms with van der Waals surface area (Å²) < 4.78 is 8.23. The fraction of sp³-hybridized carbons (Fsp3) is 0.500. The number of H-pyrrole nitrogens is 1. The number of fused-ring (bicyclic) bond motifs is 1. The quantitative estimate of drug-likeness (QED) is 0.179.